The number of benzene rings is 2. The third-order valence-electron chi connectivity index (χ3n) is 4.01. The normalized spacial score (nSPS) is 10.5. The monoisotopic (exact) mass is 338 g/mol. The summed E-state index contributed by atoms with van der Waals surface area (Å²) >= 11 is 0. The zero-order valence-electron chi connectivity index (χ0n) is 14.9. The molecule has 4 nitrogen and oxygen atoms in total. The second-order valence-electron chi connectivity index (χ2n) is 6.36. The number of nitrogens with one attached hydrogen (secondary N) is 1. The number of amides is 2. The van der Waals surface area contributed by atoms with Crippen LogP contribution in [-0.2, 0) is 22.6 Å². The highest BCUT2D eigenvalue weighted by Gasteiger charge is 2.17. The van der Waals surface area contributed by atoms with Crippen molar-refractivity contribution in [1.29, 1.82) is 0 Å². The van der Waals surface area contributed by atoms with Crippen molar-refractivity contribution in [2.75, 3.05) is 6.54 Å². The van der Waals surface area contributed by atoms with E-state index in [2.05, 4.69) is 5.32 Å². The molecule has 2 aromatic rings. The van der Waals surface area contributed by atoms with Crippen LogP contribution in [0, 0.1) is 0 Å². The zero-order chi connectivity index (χ0) is 18.1. The predicted molar refractivity (Wildman–Crippen MR) is 99.9 cm³/mol. The van der Waals surface area contributed by atoms with Crippen LogP contribution in [0.5, 0.6) is 0 Å². The average molecular weight is 338 g/mol. The Kier molecular flexibility index (Phi) is 7.20. The summed E-state index contributed by atoms with van der Waals surface area (Å²) < 4.78 is 0. The van der Waals surface area contributed by atoms with Crippen LogP contribution in [0.2, 0.25) is 0 Å². The van der Waals surface area contributed by atoms with E-state index in [0.717, 1.165) is 11.1 Å². The molecule has 1 N–H and O–H groups in total. The van der Waals surface area contributed by atoms with Crippen LogP contribution < -0.4 is 5.32 Å². The highest BCUT2D eigenvalue weighted by Crippen LogP contribution is 2.09. The molecule has 2 aromatic carbocycles. The Hall–Kier alpha value is -2.62. The smallest absolute Gasteiger partial charge is 0.224 e. The Morgan fingerprint density at radius 3 is 2.04 bits per heavy atom. The quantitative estimate of drug-likeness (QED) is 0.804. The van der Waals surface area contributed by atoms with Gasteiger partial charge in [-0.3, -0.25) is 9.59 Å². The molecule has 2 amide bonds. The van der Waals surface area contributed by atoms with E-state index in [-0.39, 0.29) is 17.9 Å². The first-order valence-electron chi connectivity index (χ1n) is 8.70. The van der Waals surface area contributed by atoms with Crippen molar-refractivity contribution in [1.82, 2.24) is 10.2 Å². The van der Waals surface area contributed by atoms with Gasteiger partial charge in [0.2, 0.25) is 11.8 Å². The van der Waals surface area contributed by atoms with Crippen LogP contribution in [0.3, 0.4) is 0 Å². The number of hydrogen-bond donors (Lipinski definition) is 1. The summed E-state index contributed by atoms with van der Waals surface area (Å²) in [4.78, 5) is 26.3. The standard InChI is InChI=1S/C21H26N2O2/c1-17(2)23(16-19-11-7-4-8-12-19)21(25)13-14-22-20(24)15-18-9-5-3-6-10-18/h3-12,17H,13-16H2,1-2H3,(H,22,24). The third kappa shape index (κ3) is 6.42. The maximum atomic E-state index is 12.5. The van der Waals surface area contributed by atoms with Crippen molar-refractivity contribution in [3.8, 4) is 0 Å². The van der Waals surface area contributed by atoms with Crippen LogP contribution in [0.15, 0.2) is 60.7 Å². The fourth-order valence-electron chi connectivity index (χ4n) is 2.64. The lowest BCUT2D eigenvalue weighted by Crippen LogP contribution is -2.38. The third-order valence-corrected chi connectivity index (χ3v) is 4.01. The van der Waals surface area contributed by atoms with E-state index in [0.29, 0.717) is 25.9 Å². The number of carbonyl (C=O) groups is 2. The molecule has 4 heteroatoms. The molecular weight excluding hydrogens is 312 g/mol. The molecule has 0 heterocycles. The summed E-state index contributed by atoms with van der Waals surface area (Å²) in [5.74, 6) is -0.00276. The molecule has 0 aliphatic heterocycles. The van der Waals surface area contributed by atoms with E-state index in [4.69, 9.17) is 0 Å². The minimum absolute atomic E-state index is 0.0545. The van der Waals surface area contributed by atoms with Gasteiger partial charge in [0.25, 0.3) is 0 Å². The van der Waals surface area contributed by atoms with Crippen molar-refractivity contribution in [3.05, 3.63) is 71.8 Å². The Bertz CT molecular complexity index is 669. The highest BCUT2D eigenvalue weighted by molar-refractivity contribution is 5.80. The van der Waals surface area contributed by atoms with Gasteiger partial charge in [-0.25, -0.2) is 0 Å². The van der Waals surface area contributed by atoms with Gasteiger partial charge < -0.3 is 10.2 Å². The molecule has 0 bridgehead atoms. The second-order valence-corrected chi connectivity index (χ2v) is 6.36. The maximum absolute atomic E-state index is 12.5. The molecule has 0 fully saturated rings. The Labute approximate surface area is 149 Å². The molecule has 0 aliphatic rings. The first-order valence-corrected chi connectivity index (χ1v) is 8.70. The van der Waals surface area contributed by atoms with E-state index in [1.807, 2.05) is 79.4 Å². The Morgan fingerprint density at radius 2 is 1.48 bits per heavy atom. The van der Waals surface area contributed by atoms with Gasteiger partial charge in [-0.05, 0) is 25.0 Å². The van der Waals surface area contributed by atoms with Gasteiger partial charge in [-0.2, -0.15) is 0 Å². The lowest BCUT2D eigenvalue weighted by molar-refractivity contribution is -0.133. The van der Waals surface area contributed by atoms with Gasteiger partial charge in [0, 0.05) is 25.6 Å². The summed E-state index contributed by atoms with van der Waals surface area (Å²) in [6, 6.07) is 19.7. The van der Waals surface area contributed by atoms with E-state index in [1.165, 1.54) is 0 Å². The summed E-state index contributed by atoms with van der Waals surface area (Å²) in [6.45, 7) is 4.97. The molecule has 0 saturated carbocycles. The van der Waals surface area contributed by atoms with Gasteiger partial charge in [0.15, 0.2) is 0 Å². The van der Waals surface area contributed by atoms with Gasteiger partial charge in [0.05, 0.1) is 6.42 Å². The van der Waals surface area contributed by atoms with Crippen LogP contribution in [-0.4, -0.2) is 29.3 Å². The lowest BCUT2D eigenvalue weighted by atomic mass is 10.1. The molecule has 132 valence electrons. The fraction of sp³-hybridized carbons (Fsp3) is 0.333. The fourth-order valence-corrected chi connectivity index (χ4v) is 2.64. The molecule has 25 heavy (non-hydrogen) atoms. The van der Waals surface area contributed by atoms with Crippen LogP contribution in [0.4, 0.5) is 0 Å². The van der Waals surface area contributed by atoms with Gasteiger partial charge in [0.1, 0.15) is 0 Å². The molecule has 0 atom stereocenters. The van der Waals surface area contributed by atoms with E-state index >= 15 is 0 Å². The van der Waals surface area contributed by atoms with Gasteiger partial charge >= 0.3 is 0 Å². The van der Waals surface area contributed by atoms with Crippen molar-refractivity contribution >= 4 is 11.8 Å². The molecule has 0 spiro atoms. The van der Waals surface area contributed by atoms with E-state index < -0.39 is 0 Å². The van der Waals surface area contributed by atoms with Crippen molar-refractivity contribution in [2.45, 2.75) is 39.3 Å². The first-order chi connectivity index (χ1) is 12.1. The maximum Gasteiger partial charge on any atom is 0.224 e. The second kappa shape index (κ2) is 9.62. The number of rotatable bonds is 8. The summed E-state index contributed by atoms with van der Waals surface area (Å²) in [5, 5.41) is 2.83. The minimum atomic E-state index is -0.0573. The number of hydrogen-bond acceptors (Lipinski definition) is 2. The number of carbonyl (C=O) groups excluding carboxylic acids is 2. The number of nitrogens with zero attached hydrogens (tertiary/aromatic N) is 1. The molecular formula is C21H26N2O2. The van der Waals surface area contributed by atoms with Crippen LogP contribution in [0.25, 0.3) is 0 Å². The molecule has 0 aliphatic carbocycles. The summed E-state index contributed by atoms with van der Waals surface area (Å²) in [5.41, 5.74) is 2.08. The summed E-state index contributed by atoms with van der Waals surface area (Å²) in [7, 11) is 0. The zero-order valence-corrected chi connectivity index (χ0v) is 14.9. The highest BCUT2D eigenvalue weighted by atomic mass is 16.2. The van der Waals surface area contributed by atoms with E-state index in [9.17, 15) is 9.59 Å². The largest absolute Gasteiger partial charge is 0.355 e. The first kappa shape index (κ1) is 18.7. The molecule has 0 aromatic heterocycles. The Balaban J connectivity index is 1.79. The van der Waals surface area contributed by atoms with Crippen molar-refractivity contribution in [2.24, 2.45) is 0 Å². The summed E-state index contributed by atoms with van der Waals surface area (Å²) in [6.07, 6.45) is 0.651. The minimum Gasteiger partial charge on any atom is -0.355 e. The average Bonchev–Trinajstić information content (AvgIpc) is 2.61. The van der Waals surface area contributed by atoms with Crippen molar-refractivity contribution < 1.29 is 9.59 Å². The lowest BCUT2D eigenvalue weighted by Gasteiger charge is -2.27. The van der Waals surface area contributed by atoms with E-state index in [1.54, 1.807) is 0 Å². The predicted octanol–water partition coefficient (Wildman–Crippen LogP) is 3.17. The van der Waals surface area contributed by atoms with Crippen LogP contribution >= 0.6 is 0 Å². The molecule has 0 radical (unpaired) electrons. The molecule has 0 unspecified atom stereocenters. The van der Waals surface area contributed by atoms with Gasteiger partial charge in [-0.1, -0.05) is 60.7 Å². The SMILES string of the molecule is CC(C)N(Cc1ccccc1)C(=O)CCNC(=O)Cc1ccccc1. The van der Waals surface area contributed by atoms with Gasteiger partial charge in [-0.15, -0.1) is 0 Å². The molecule has 2 rings (SSSR count). The van der Waals surface area contributed by atoms with Crippen LogP contribution in [0.1, 0.15) is 31.4 Å². The topological polar surface area (TPSA) is 49.4 Å². The van der Waals surface area contributed by atoms with Crippen molar-refractivity contribution in [3.63, 3.8) is 0 Å². The Morgan fingerprint density at radius 1 is 0.920 bits per heavy atom. The molecule has 0 saturated heterocycles.